The third kappa shape index (κ3) is 10.9. The first-order valence-corrected chi connectivity index (χ1v) is 32.7. The zero-order valence-corrected chi connectivity index (χ0v) is 54.7. The highest BCUT2D eigenvalue weighted by Gasteiger charge is 2.27. The van der Waals surface area contributed by atoms with Crippen LogP contribution in [0.3, 0.4) is 0 Å². The number of benzene rings is 16. The van der Waals surface area contributed by atoms with Gasteiger partial charge in [0.15, 0.2) is 0 Å². The molecule has 0 saturated carbocycles. The molecule has 4 nitrogen and oxygen atoms in total. The Hall–Kier alpha value is -11.5. The van der Waals surface area contributed by atoms with Crippen molar-refractivity contribution in [3.63, 3.8) is 0 Å². The second-order valence-electron chi connectivity index (χ2n) is 25.5. The van der Waals surface area contributed by atoms with Gasteiger partial charge < -0.3 is 19.6 Å². The van der Waals surface area contributed by atoms with Crippen molar-refractivity contribution in [1.82, 2.24) is 0 Å². The second-order valence-corrected chi connectivity index (χ2v) is 25.5. The van der Waals surface area contributed by atoms with E-state index in [2.05, 4.69) is 378 Å². The maximum atomic E-state index is 2.43. The Morgan fingerprint density at radius 1 is 0.149 bits per heavy atom. The van der Waals surface area contributed by atoms with Crippen LogP contribution < -0.4 is 19.6 Å². The van der Waals surface area contributed by atoms with Crippen LogP contribution in [-0.4, -0.2) is 0 Å². The molecule has 454 valence electrons. The molecular weight excluding hydrogens is 1140 g/mol. The first-order valence-electron chi connectivity index (χ1n) is 32.7. The minimum atomic E-state index is 1.14. The van der Waals surface area contributed by atoms with E-state index in [1.807, 2.05) is 0 Å². The van der Waals surface area contributed by atoms with E-state index in [0.29, 0.717) is 0 Å². The molecule has 0 aromatic heterocycles. The number of aryl methyl sites for hydroxylation is 8. The summed E-state index contributed by atoms with van der Waals surface area (Å²) < 4.78 is 0. The predicted octanol–water partition coefficient (Wildman–Crippen LogP) is 26.1. The van der Waals surface area contributed by atoms with Crippen LogP contribution in [0, 0.1) is 55.4 Å². The third-order valence-electron chi connectivity index (χ3n) is 18.8. The Morgan fingerprint density at radius 2 is 0.330 bits per heavy atom. The van der Waals surface area contributed by atoms with Gasteiger partial charge >= 0.3 is 0 Å². The summed E-state index contributed by atoms with van der Waals surface area (Å²) in [5.41, 5.74) is 23.8. The maximum absolute atomic E-state index is 2.43. The predicted molar refractivity (Wildman–Crippen MR) is 406 cm³/mol. The summed E-state index contributed by atoms with van der Waals surface area (Å²) in [5.74, 6) is 0. The molecule has 0 heterocycles. The van der Waals surface area contributed by atoms with Crippen LogP contribution in [0.2, 0.25) is 0 Å². The summed E-state index contributed by atoms with van der Waals surface area (Å²) in [6, 6.07) is 112. The van der Waals surface area contributed by atoms with Gasteiger partial charge in [0, 0.05) is 77.8 Å². The van der Waals surface area contributed by atoms with E-state index in [9.17, 15) is 0 Å². The van der Waals surface area contributed by atoms with Crippen molar-refractivity contribution in [2.75, 3.05) is 19.6 Å². The molecule has 0 aliphatic rings. The van der Waals surface area contributed by atoms with Gasteiger partial charge in [-0.05, 0) is 197 Å². The SMILES string of the molecule is Cc1ccc(N(c2ccc(C)cc2)c2c3ccccc3c(N(c3ccc(C)cc3)c3ccc(C)cc3)c3ccccc23)cc1.Cc1ccc(N(c2ccc(C)cc2)c2ccc3c4cccc5c(N(c6ccc(C)cc6)c6ccc(C)cc6)ccc(c6cccc2c63)c54)cc1. The van der Waals surface area contributed by atoms with Crippen molar-refractivity contribution < 1.29 is 0 Å². The standard InChI is InChI=1S/C48H38N2.C42H36N2/c1-31-11-19-35(20-12-31)49(36-21-13-32(2)14-22-36)45-29-27-41-40-8-6-10-44-46(30-28-42(48(40)44)39-7-5-9-43(45)47(39)41)50(37-23-15-33(3)16-24-37)38-25-17-34(4)18-26-38;1-29-13-21-33(22-14-29)43(34-23-15-30(2)16-24-34)41-37-9-5-7-11-39(37)42(40-12-8-6-10-38(40)41)44(35-25-17-31(3)18-26-35)36-27-19-32(4)20-28-36/h5-30H,1-4H3;5-28H,1-4H3. The zero-order valence-electron chi connectivity index (χ0n) is 54.7. The summed E-state index contributed by atoms with van der Waals surface area (Å²) in [7, 11) is 0. The minimum Gasteiger partial charge on any atom is -0.310 e. The van der Waals surface area contributed by atoms with Gasteiger partial charge in [0.25, 0.3) is 0 Å². The van der Waals surface area contributed by atoms with Crippen molar-refractivity contribution in [1.29, 1.82) is 0 Å². The van der Waals surface area contributed by atoms with Crippen LogP contribution in [0.4, 0.5) is 68.2 Å². The summed E-state index contributed by atoms with van der Waals surface area (Å²) >= 11 is 0. The summed E-state index contributed by atoms with van der Waals surface area (Å²) in [6.07, 6.45) is 0. The maximum Gasteiger partial charge on any atom is 0.0619 e. The average Bonchev–Trinajstić information content (AvgIpc) is 0.718. The molecule has 4 heteroatoms. The summed E-state index contributed by atoms with van der Waals surface area (Å²) in [4.78, 5) is 9.66. The van der Waals surface area contributed by atoms with Crippen LogP contribution in [0.15, 0.2) is 303 Å². The number of anilines is 12. The van der Waals surface area contributed by atoms with Crippen LogP contribution in [0.1, 0.15) is 44.5 Å². The van der Waals surface area contributed by atoms with E-state index >= 15 is 0 Å². The fraction of sp³-hybridized carbons (Fsp3) is 0.0889. The van der Waals surface area contributed by atoms with Crippen LogP contribution >= 0.6 is 0 Å². The molecule has 16 aromatic carbocycles. The van der Waals surface area contributed by atoms with Gasteiger partial charge in [0.05, 0.1) is 22.7 Å². The molecule has 16 aromatic rings. The highest BCUT2D eigenvalue weighted by atomic mass is 15.2. The lowest BCUT2D eigenvalue weighted by atomic mass is 9.88. The van der Waals surface area contributed by atoms with Crippen molar-refractivity contribution in [2.45, 2.75) is 55.4 Å². The molecule has 0 unspecified atom stereocenters. The normalized spacial score (nSPS) is 11.4. The zero-order chi connectivity index (χ0) is 64.1. The van der Waals surface area contributed by atoms with E-state index < -0.39 is 0 Å². The van der Waals surface area contributed by atoms with Gasteiger partial charge in [0.1, 0.15) is 0 Å². The second kappa shape index (κ2) is 24.6. The number of rotatable bonds is 12. The van der Waals surface area contributed by atoms with E-state index in [4.69, 9.17) is 0 Å². The molecule has 0 atom stereocenters. The summed E-state index contributed by atoms with van der Waals surface area (Å²) in [5, 5.41) is 15.0. The molecule has 0 saturated heterocycles. The van der Waals surface area contributed by atoms with E-state index in [0.717, 1.165) is 45.5 Å². The van der Waals surface area contributed by atoms with Gasteiger partial charge in [0.2, 0.25) is 0 Å². The van der Waals surface area contributed by atoms with Gasteiger partial charge in [-0.25, -0.2) is 0 Å². The number of hydrogen-bond donors (Lipinski definition) is 0. The lowest BCUT2D eigenvalue weighted by molar-refractivity contribution is 1.28. The quantitative estimate of drug-likeness (QED) is 0.0687. The molecule has 94 heavy (non-hydrogen) atoms. The average molecular weight is 1210 g/mol. The molecule has 0 aliphatic heterocycles. The lowest BCUT2D eigenvalue weighted by Crippen LogP contribution is -2.14. The van der Waals surface area contributed by atoms with Crippen LogP contribution in [0.25, 0.3) is 64.6 Å². The van der Waals surface area contributed by atoms with Crippen LogP contribution in [0.5, 0.6) is 0 Å². The Kier molecular flexibility index (Phi) is 15.4. The smallest absolute Gasteiger partial charge is 0.0619 e. The highest BCUT2D eigenvalue weighted by molar-refractivity contribution is 6.35. The minimum absolute atomic E-state index is 1.14. The molecule has 0 amide bonds. The molecule has 0 bridgehead atoms. The molecule has 0 radical (unpaired) electrons. The van der Waals surface area contributed by atoms with Gasteiger partial charge in [-0.3, -0.25) is 0 Å². The number of fused-ring (bicyclic) bond motifs is 4. The highest BCUT2D eigenvalue weighted by Crippen LogP contribution is 2.53. The molecule has 0 N–H and O–H groups in total. The first kappa shape index (κ1) is 58.9. The fourth-order valence-electron chi connectivity index (χ4n) is 13.9. The molecule has 16 rings (SSSR count). The van der Waals surface area contributed by atoms with Gasteiger partial charge in [-0.15, -0.1) is 0 Å². The molecule has 0 fully saturated rings. The number of nitrogens with zero attached hydrogens (tertiary/aromatic N) is 4. The Balaban J connectivity index is 0.000000156. The van der Waals surface area contributed by atoms with Gasteiger partial charge in [-0.2, -0.15) is 0 Å². The molecule has 0 spiro atoms. The summed E-state index contributed by atoms with van der Waals surface area (Å²) in [6.45, 7) is 17.2. The van der Waals surface area contributed by atoms with Crippen molar-refractivity contribution in [2.24, 2.45) is 0 Å². The van der Waals surface area contributed by atoms with E-state index in [-0.39, 0.29) is 0 Å². The van der Waals surface area contributed by atoms with Crippen molar-refractivity contribution in [3.8, 4) is 0 Å². The lowest BCUT2D eigenvalue weighted by Gasteiger charge is -2.33. The Bertz CT molecular complexity index is 4810. The fourth-order valence-corrected chi connectivity index (χ4v) is 13.9. The largest absolute Gasteiger partial charge is 0.310 e. The van der Waals surface area contributed by atoms with Crippen LogP contribution in [-0.2, 0) is 0 Å². The first-order chi connectivity index (χ1) is 45.9. The Morgan fingerprint density at radius 3 is 0.553 bits per heavy atom. The third-order valence-corrected chi connectivity index (χ3v) is 18.8. The molecular formula is C90H74N4. The van der Waals surface area contributed by atoms with Crippen molar-refractivity contribution >= 4 is 133 Å². The monoisotopic (exact) mass is 1210 g/mol. The van der Waals surface area contributed by atoms with E-state index in [1.54, 1.807) is 0 Å². The van der Waals surface area contributed by atoms with Gasteiger partial charge in [-0.1, -0.05) is 239 Å². The molecule has 0 aliphatic carbocycles. The Labute approximate surface area is 552 Å². The topological polar surface area (TPSA) is 13.0 Å². The number of hydrogen-bond acceptors (Lipinski definition) is 4. The van der Waals surface area contributed by atoms with Crippen molar-refractivity contribution in [3.05, 3.63) is 348 Å². The van der Waals surface area contributed by atoms with E-state index in [1.165, 1.54) is 132 Å².